The second-order valence-electron chi connectivity index (χ2n) is 3.28. The molecule has 0 unspecified atom stereocenters. The Morgan fingerprint density at radius 2 is 2.13 bits per heavy atom. The molecule has 76 valence electrons. The van der Waals surface area contributed by atoms with E-state index >= 15 is 0 Å². The normalized spacial score (nSPS) is 12.6. The smallest absolute Gasteiger partial charge is 0.325 e. The van der Waals surface area contributed by atoms with Gasteiger partial charge in [-0.05, 0) is 17.7 Å². The number of aliphatic carboxylic acids is 1. The summed E-state index contributed by atoms with van der Waals surface area (Å²) >= 11 is 0. The monoisotopic (exact) mass is 202 g/mol. The molecule has 0 spiro atoms. The van der Waals surface area contributed by atoms with E-state index in [1.807, 2.05) is 24.3 Å². The topological polar surface area (TPSA) is 76.2 Å². The number of nitrogens with zero attached hydrogens (tertiary/aromatic N) is 1. The van der Waals surface area contributed by atoms with Crippen molar-refractivity contribution in [3.63, 3.8) is 0 Å². The molecular formula is C11H10N2O2. The fourth-order valence-corrected chi connectivity index (χ4v) is 1.40. The lowest BCUT2D eigenvalue weighted by Gasteiger charge is -2.06. The first-order valence-electron chi connectivity index (χ1n) is 4.51. The van der Waals surface area contributed by atoms with Crippen molar-refractivity contribution in [3.8, 4) is 0 Å². The van der Waals surface area contributed by atoms with Crippen molar-refractivity contribution in [1.29, 1.82) is 0 Å². The summed E-state index contributed by atoms with van der Waals surface area (Å²) in [6, 6.07) is 8.24. The van der Waals surface area contributed by atoms with Gasteiger partial charge in [-0.3, -0.25) is 9.78 Å². The van der Waals surface area contributed by atoms with Crippen molar-refractivity contribution in [1.82, 2.24) is 4.98 Å². The predicted molar refractivity (Wildman–Crippen MR) is 56.3 cm³/mol. The van der Waals surface area contributed by atoms with Gasteiger partial charge in [0.2, 0.25) is 0 Å². The molecule has 0 aliphatic carbocycles. The Morgan fingerprint density at radius 3 is 2.87 bits per heavy atom. The van der Waals surface area contributed by atoms with Crippen LogP contribution in [0.4, 0.5) is 0 Å². The van der Waals surface area contributed by atoms with Crippen LogP contribution in [0.1, 0.15) is 11.6 Å². The largest absolute Gasteiger partial charge is 0.480 e. The van der Waals surface area contributed by atoms with E-state index in [1.54, 1.807) is 6.07 Å². The molecule has 4 heteroatoms. The molecule has 15 heavy (non-hydrogen) atoms. The first-order chi connectivity index (χ1) is 7.18. The maximum Gasteiger partial charge on any atom is 0.325 e. The van der Waals surface area contributed by atoms with Crippen LogP contribution in [0.5, 0.6) is 0 Å². The summed E-state index contributed by atoms with van der Waals surface area (Å²) in [5.41, 5.74) is 6.84. The molecule has 0 amide bonds. The number of rotatable bonds is 2. The van der Waals surface area contributed by atoms with Gasteiger partial charge in [0, 0.05) is 11.6 Å². The fraction of sp³-hybridized carbons (Fsp3) is 0.0909. The summed E-state index contributed by atoms with van der Waals surface area (Å²) in [6.45, 7) is 0. The highest BCUT2D eigenvalue weighted by molar-refractivity contribution is 5.81. The molecule has 0 aliphatic heterocycles. The van der Waals surface area contributed by atoms with Gasteiger partial charge in [0.15, 0.2) is 0 Å². The van der Waals surface area contributed by atoms with Crippen molar-refractivity contribution in [3.05, 3.63) is 42.1 Å². The van der Waals surface area contributed by atoms with Crippen molar-refractivity contribution >= 4 is 16.9 Å². The number of fused-ring (bicyclic) bond motifs is 1. The second-order valence-corrected chi connectivity index (χ2v) is 3.28. The number of carboxylic acid groups (broad SMARTS) is 1. The number of carbonyl (C=O) groups is 1. The third kappa shape index (κ3) is 1.80. The van der Waals surface area contributed by atoms with Crippen LogP contribution in [-0.2, 0) is 4.79 Å². The van der Waals surface area contributed by atoms with Crippen LogP contribution < -0.4 is 5.73 Å². The molecule has 2 aromatic rings. The summed E-state index contributed by atoms with van der Waals surface area (Å²) in [5, 5.41) is 9.65. The lowest BCUT2D eigenvalue weighted by Crippen LogP contribution is -2.20. The first-order valence-corrected chi connectivity index (χ1v) is 4.51. The highest BCUT2D eigenvalue weighted by Gasteiger charge is 2.14. The fourth-order valence-electron chi connectivity index (χ4n) is 1.40. The van der Waals surface area contributed by atoms with Gasteiger partial charge in [0.1, 0.15) is 6.04 Å². The van der Waals surface area contributed by atoms with Gasteiger partial charge >= 0.3 is 5.97 Å². The van der Waals surface area contributed by atoms with E-state index in [0.29, 0.717) is 5.56 Å². The Morgan fingerprint density at radius 1 is 1.40 bits per heavy atom. The van der Waals surface area contributed by atoms with Gasteiger partial charge in [-0.2, -0.15) is 0 Å². The second kappa shape index (κ2) is 3.67. The number of nitrogens with two attached hydrogens (primary N) is 1. The van der Waals surface area contributed by atoms with Gasteiger partial charge < -0.3 is 10.8 Å². The van der Waals surface area contributed by atoms with E-state index in [1.165, 1.54) is 6.20 Å². The Hall–Kier alpha value is -1.94. The van der Waals surface area contributed by atoms with Gasteiger partial charge in [0.25, 0.3) is 0 Å². The molecule has 0 aliphatic rings. The summed E-state index contributed by atoms with van der Waals surface area (Å²) in [6.07, 6.45) is 1.50. The van der Waals surface area contributed by atoms with E-state index in [4.69, 9.17) is 10.8 Å². The van der Waals surface area contributed by atoms with Crippen molar-refractivity contribution in [2.45, 2.75) is 6.04 Å². The van der Waals surface area contributed by atoms with Crippen LogP contribution >= 0.6 is 0 Å². The predicted octanol–water partition coefficient (Wildman–Crippen LogP) is 1.32. The number of para-hydroxylation sites is 1. The quantitative estimate of drug-likeness (QED) is 0.770. The summed E-state index contributed by atoms with van der Waals surface area (Å²) < 4.78 is 0. The van der Waals surface area contributed by atoms with Gasteiger partial charge in [-0.25, -0.2) is 0 Å². The molecule has 3 N–H and O–H groups in total. The molecular weight excluding hydrogens is 192 g/mol. The maximum absolute atomic E-state index is 10.7. The Balaban J connectivity index is 2.51. The number of pyridine rings is 1. The minimum absolute atomic E-state index is 0.515. The summed E-state index contributed by atoms with van der Waals surface area (Å²) in [5.74, 6) is -1.05. The van der Waals surface area contributed by atoms with Gasteiger partial charge in [0.05, 0.1) is 5.52 Å². The number of aromatic nitrogens is 1. The van der Waals surface area contributed by atoms with Crippen LogP contribution in [0, 0.1) is 0 Å². The molecule has 2 rings (SSSR count). The standard InChI is InChI=1S/C11H10N2O2/c12-10(11(14)15)8-5-7-3-1-2-4-9(7)13-6-8/h1-6,10H,12H2,(H,14,15)/t10-/m0/s1. The molecule has 0 fully saturated rings. The van der Waals surface area contributed by atoms with Crippen LogP contribution in [0.25, 0.3) is 10.9 Å². The minimum Gasteiger partial charge on any atom is -0.480 e. The van der Waals surface area contributed by atoms with Gasteiger partial charge in [-0.1, -0.05) is 18.2 Å². The Kier molecular flexibility index (Phi) is 2.35. The van der Waals surface area contributed by atoms with Crippen molar-refractivity contribution in [2.24, 2.45) is 5.73 Å². The van der Waals surface area contributed by atoms with Crippen LogP contribution in [-0.4, -0.2) is 16.1 Å². The first kappa shape index (κ1) is 9.61. The van der Waals surface area contributed by atoms with Gasteiger partial charge in [-0.15, -0.1) is 0 Å². The number of benzene rings is 1. The highest BCUT2D eigenvalue weighted by Crippen LogP contribution is 2.16. The SMILES string of the molecule is N[C@H](C(=O)O)c1cnc2ccccc2c1. The Bertz CT molecular complexity index is 511. The van der Waals surface area contributed by atoms with Crippen LogP contribution in [0.3, 0.4) is 0 Å². The average Bonchev–Trinajstić information content (AvgIpc) is 2.27. The third-order valence-electron chi connectivity index (χ3n) is 2.24. The number of hydrogen-bond acceptors (Lipinski definition) is 3. The van der Waals surface area contributed by atoms with E-state index in [0.717, 1.165) is 10.9 Å². The zero-order valence-electron chi connectivity index (χ0n) is 7.92. The summed E-state index contributed by atoms with van der Waals surface area (Å²) in [4.78, 5) is 14.8. The number of hydrogen-bond donors (Lipinski definition) is 2. The number of carboxylic acids is 1. The molecule has 0 saturated heterocycles. The van der Waals surface area contributed by atoms with Crippen molar-refractivity contribution in [2.75, 3.05) is 0 Å². The van der Waals surface area contributed by atoms with Crippen LogP contribution in [0.15, 0.2) is 36.5 Å². The molecule has 0 radical (unpaired) electrons. The summed E-state index contributed by atoms with van der Waals surface area (Å²) in [7, 11) is 0. The lowest BCUT2D eigenvalue weighted by molar-refractivity contribution is -0.138. The molecule has 1 aromatic carbocycles. The minimum atomic E-state index is -1.05. The van der Waals surface area contributed by atoms with E-state index in [2.05, 4.69) is 4.98 Å². The van der Waals surface area contributed by atoms with E-state index in [-0.39, 0.29) is 0 Å². The average molecular weight is 202 g/mol. The van der Waals surface area contributed by atoms with Crippen molar-refractivity contribution < 1.29 is 9.90 Å². The zero-order valence-corrected chi connectivity index (χ0v) is 7.92. The maximum atomic E-state index is 10.7. The Labute approximate surface area is 86.4 Å². The van der Waals surface area contributed by atoms with E-state index < -0.39 is 12.0 Å². The third-order valence-corrected chi connectivity index (χ3v) is 2.24. The van der Waals surface area contributed by atoms with E-state index in [9.17, 15) is 4.79 Å². The molecule has 4 nitrogen and oxygen atoms in total. The lowest BCUT2D eigenvalue weighted by atomic mass is 10.1. The molecule has 1 atom stereocenters. The molecule has 1 aromatic heterocycles. The molecule has 0 saturated carbocycles. The van der Waals surface area contributed by atoms with Crippen LogP contribution in [0.2, 0.25) is 0 Å². The molecule has 1 heterocycles. The molecule has 0 bridgehead atoms. The highest BCUT2D eigenvalue weighted by atomic mass is 16.4. The zero-order chi connectivity index (χ0) is 10.8.